The maximum Gasteiger partial charge on any atom is 0.206 e. The number of rotatable bonds is 4. The van der Waals surface area contributed by atoms with Crippen LogP contribution in [0, 0.1) is 18.6 Å². The predicted octanol–water partition coefficient (Wildman–Crippen LogP) is 3.86. The summed E-state index contributed by atoms with van der Waals surface area (Å²) in [4.78, 5) is 0. The van der Waals surface area contributed by atoms with E-state index in [9.17, 15) is 8.78 Å². The minimum Gasteiger partial charge on any atom is -0.353 e. The molecule has 0 radical (unpaired) electrons. The number of anilines is 1. The smallest absolute Gasteiger partial charge is 0.206 e. The van der Waals surface area contributed by atoms with E-state index in [2.05, 4.69) is 15.5 Å². The first-order valence-corrected chi connectivity index (χ1v) is 6.87. The zero-order valence-electron chi connectivity index (χ0n) is 11.0. The summed E-state index contributed by atoms with van der Waals surface area (Å²) in [6.45, 7) is 5.29. The molecule has 1 aromatic heterocycles. The van der Waals surface area contributed by atoms with Crippen LogP contribution in [-0.2, 0) is 6.42 Å². The van der Waals surface area contributed by atoms with Crippen LogP contribution in [-0.4, -0.2) is 10.2 Å². The molecular weight excluding hydrogens is 268 g/mol. The summed E-state index contributed by atoms with van der Waals surface area (Å²) in [5.41, 5.74) is 0.592. The fraction of sp³-hybridized carbons (Fsp3) is 0.385. The highest BCUT2D eigenvalue weighted by atomic mass is 32.1. The summed E-state index contributed by atoms with van der Waals surface area (Å²) in [5.74, 6) is -0.823. The molecule has 0 saturated heterocycles. The van der Waals surface area contributed by atoms with Crippen molar-refractivity contribution in [1.29, 1.82) is 0 Å². The third-order valence-electron chi connectivity index (χ3n) is 2.85. The van der Waals surface area contributed by atoms with Crippen molar-refractivity contribution in [2.75, 3.05) is 5.32 Å². The average Bonchev–Trinajstić information content (AvgIpc) is 2.81. The summed E-state index contributed by atoms with van der Waals surface area (Å²) in [5, 5.41) is 12.5. The Morgan fingerprint density at radius 1 is 1.26 bits per heavy atom. The molecule has 2 rings (SSSR count). The lowest BCUT2D eigenvalue weighted by molar-refractivity contribution is 0.571. The topological polar surface area (TPSA) is 37.8 Å². The zero-order chi connectivity index (χ0) is 14.0. The van der Waals surface area contributed by atoms with Crippen molar-refractivity contribution in [3.8, 4) is 0 Å². The number of aryl methyl sites for hydroxylation is 2. The molecule has 102 valence electrons. The van der Waals surface area contributed by atoms with E-state index in [0.717, 1.165) is 11.4 Å². The third-order valence-corrected chi connectivity index (χ3v) is 3.85. The van der Waals surface area contributed by atoms with Gasteiger partial charge in [-0.15, -0.1) is 10.2 Å². The molecule has 1 N–H and O–H groups in total. The van der Waals surface area contributed by atoms with Gasteiger partial charge in [-0.1, -0.05) is 18.3 Å². The predicted molar refractivity (Wildman–Crippen MR) is 72.4 cm³/mol. The van der Waals surface area contributed by atoms with Gasteiger partial charge < -0.3 is 5.32 Å². The molecule has 19 heavy (non-hydrogen) atoms. The van der Waals surface area contributed by atoms with Gasteiger partial charge in [0, 0.05) is 5.56 Å². The maximum absolute atomic E-state index is 13.8. The number of hydrogen-bond donors (Lipinski definition) is 1. The molecule has 1 unspecified atom stereocenters. The molecule has 3 nitrogen and oxygen atoms in total. The molecule has 0 saturated carbocycles. The molecule has 0 aliphatic carbocycles. The van der Waals surface area contributed by atoms with Gasteiger partial charge in [0.15, 0.2) is 0 Å². The van der Waals surface area contributed by atoms with Crippen LogP contribution in [0.1, 0.15) is 36.0 Å². The van der Waals surface area contributed by atoms with Crippen LogP contribution in [0.4, 0.5) is 13.9 Å². The van der Waals surface area contributed by atoms with Gasteiger partial charge in [0.2, 0.25) is 5.13 Å². The minimum atomic E-state index is -0.417. The molecule has 0 fully saturated rings. The Kier molecular flexibility index (Phi) is 4.09. The second-order valence-corrected chi connectivity index (χ2v) is 5.41. The first-order chi connectivity index (χ1) is 9.01. The Bertz CT molecular complexity index is 583. The van der Waals surface area contributed by atoms with Crippen LogP contribution in [0.5, 0.6) is 0 Å². The summed E-state index contributed by atoms with van der Waals surface area (Å²) in [6.07, 6.45) is 0.807. The number of aromatic nitrogens is 2. The Hall–Kier alpha value is -1.56. The fourth-order valence-corrected chi connectivity index (χ4v) is 2.48. The van der Waals surface area contributed by atoms with E-state index >= 15 is 0 Å². The highest BCUT2D eigenvalue weighted by Crippen LogP contribution is 2.25. The van der Waals surface area contributed by atoms with E-state index in [4.69, 9.17) is 0 Å². The fourth-order valence-electron chi connectivity index (χ4n) is 1.71. The summed E-state index contributed by atoms with van der Waals surface area (Å²) in [6, 6.07) is 2.07. The maximum atomic E-state index is 13.8. The van der Waals surface area contributed by atoms with Crippen molar-refractivity contribution in [2.24, 2.45) is 0 Å². The van der Waals surface area contributed by atoms with Gasteiger partial charge >= 0.3 is 0 Å². The Morgan fingerprint density at radius 2 is 2.00 bits per heavy atom. The lowest BCUT2D eigenvalue weighted by atomic mass is 10.1. The zero-order valence-corrected chi connectivity index (χ0v) is 11.8. The standard InChI is InChI=1S/C13H15F2N3S/c1-4-12-17-18-13(19-12)16-8(3)9-6-10(14)7(2)5-11(9)15/h5-6,8H,4H2,1-3H3,(H,16,18). The number of nitrogens with zero attached hydrogens (tertiary/aromatic N) is 2. The van der Waals surface area contributed by atoms with Gasteiger partial charge in [0.25, 0.3) is 0 Å². The van der Waals surface area contributed by atoms with Crippen LogP contribution in [0.15, 0.2) is 12.1 Å². The number of benzene rings is 1. The molecule has 1 aromatic carbocycles. The van der Waals surface area contributed by atoms with Gasteiger partial charge in [-0.25, -0.2) is 8.78 Å². The molecule has 1 heterocycles. The van der Waals surface area contributed by atoms with Crippen molar-refractivity contribution in [3.05, 3.63) is 39.9 Å². The summed E-state index contributed by atoms with van der Waals surface area (Å²) < 4.78 is 27.3. The third kappa shape index (κ3) is 3.07. The number of nitrogens with one attached hydrogen (secondary N) is 1. The van der Waals surface area contributed by atoms with Gasteiger partial charge in [-0.05, 0) is 38.0 Å². The molecule has 6 heteroatoms. The molecule has 0 amide bonds. The van der Waals surface area contributed by atoms with Crippen molar-refractivity contribution in [2.45, 2.75) is 33.2 Å². The monoisotopic (exact) mass is 283 g/mol. The van der Waals surface area contributed by atoms with E-state index in [1.807, 2.05) is 6.92 Å². The molecule has 0 bridgehead atoms. The molecule has 0 spiro atoms. The largest absolute Gasteiger partial charge is 0.353 e. The van der Waals surface area contributed by atoms with Gasteiger partial charge in [0.1, 0.15) is 16.6 Å². The van der Waals surface area contributed by atoms with Crippen molar-refractivity contribution in [1.82, 2.24) is 10.2 Å². The summed E-state index contributed by atoms with van der Waals surface area (Å²) in [7, 11) is 0. The Morgan fingerprint density at radius 3 is 2.63 bits per heavy atom. The summed E-state index contributed by atoms with van der Waals surface area (Å²) >= 11 is 1.42. The lowest BCUT2D eigenvalue weighted by Crippen LogP contribution is -2.09. The Balaban J connectivity index is 2.19. The van der Waals surface area contributed by atoms with Crippen molar-refractivity contribution >= 4 is 16.5 Å². The molecule has 1 atom stereocenters. The molecule has 2 aromatic rings. The first-order valence-electron chi connectivity index (χ1n) is 6.05. The number of halogens is 2. The van der Waals surface area contributed by atoms with Crippen LogP contribution in [0.25, 0.3) is 0 Å². The van der Waals surface area contributed by atoms with Crippen LogP contribution >= 0.6 is 11.3 Å². The van der Waals surface area contributed by atoms with Crippen LogP contribution < -0.4 is 5.32 Å². The highest BCUT2D eigenvalue weighted by Gasteiger charge is 2.15. The van der Waals surface area contributed by atoms with E-state index < -0.39 is 11.6 Å². The van der Waals surface area contributed by atoms with Crippen molar-refractivity contribution in [3.63, 3.8) is 0 Å². The first kappa shape index (κ1) is 13.9. The van der Waals surface area contributed by atoms with E-state index in [1.165, 1.54) is 23.5 Å². The molecule has 0 aliphatic rings. The van der Waals surface area contributed by atoms with Crippen LogP contribution in [0.3, 0.4) is 0 Å². The van der Waals surface area contributed by atoms with Gasteiger partial charge in [0.05, 0.1) is 6.04 Å². The van der Waals surface area contributed by atoms with E-state index in [1.54, 1.807) is 13.8 Å². The van der Waals surface area contributed by atoms with E-state index in [0.29, 0.717) is 10.7 Å². The second kappa shape index (κ2) is 5.61. The Labute approximate surface area is 114 Å². The van der Waals surface area contributed by atoms with Gasteiger partial charge in [-0.2, -0.15) is 0 Å². The normalized spacial score (nSPS) is 12.5. The SMILES string of the molecule is CCc1nnc(NC(C)c2cc(F)c(C)cc2F)s1. The minimum absolute atomic E-state index is 0.288. The highest BCUT2D eigenvalue weighted by molar-refractivity contribution is 7.15. The average molecular weight is 283 g/mol. The molecular formula is C13H15F2N3S. The quantitative estimate of drug-likeness (QED) is 0.926. The van der Waals surface area contributed by atoms with Crippen LogP contribution in [0.2, 0.25) is 0 Å². The van der Waals surface area contributed by atoms with Gasteiger partial charge in [-0.3, -0.25) is 0 Å². The van der Waals surface area contributed by atoms with Crippen molar-refractivity contribution < 1.29 is 8.78 Å². The van der Waals surface area contributed by atoms with E-state index in [-0.39, 0.29) is 11.6 Å². The lowest BCUT2D eigenvalue weighted by Gasteiger charge is -2.14. The number of hydrogen-bond acceptors (Lipinski definition) is 4. The molecule has 0 aliphatic heterocycles. The second-order valence-electron chi connectivity index (χ2n) is 4.34.